The van der Waals surface area contributed by atoms with E-state index in [1.54, 1.807) is 77.6 Å². The summed E-state index contributed by atoms with van der Waals surface area (Å²) in [5, 5.41) is 3.45. The molecule has 178 valence electrons. The Kier molecular flexibility index (Phi) is 7.14. The maximum absolute atomic E-state index is 13.5. The summed E-state index contributed by atoms with van der Waals surface area (Å²) < 4.78 is 18.2. The first-order valence-corrected chi connectivity index (χ1v) is 12.5. The highest BCUT2D eigenvalue weighted by Gasteiger charge is 2.24. The zero-order valence-corrected chi connectivity index (χ0v) is 20.5. The quantitative estimate of drug-likeness (QED) is 0.396. The summed E-state index contributed by atoms with van der Waals surface area (Å²) in [5.74, 6) is -1.18. The Hall–Kier alpha value is -3.75. The van der Waals surface area contributed by atoms with Crippen molar-refractivity contribution in [3.63, 3.8) is 0 Å². The van der Waals surface area contributed by atoms with Crippen LogP contribution in [0.2, 0.25) is 5.02 Å². The van der Waals surface area contributed by atoms with Crippen molar-refractivity contribution >= 4 is 45.2 Å². The van der Waals surface area contributed by atoms with Gasteiger partial charge >= 0.3 is 5.97 Å². The average molecular weight is 509 g/mol. The Bertz CT molecular complexity index is 1520. The highest BCUT2D eigenvalue weighted by atomic mass is 35.5. The highest BCUT2D eigenvalue weighted by molar-refractivity contribution is 7.84. The number of carbonyl (C=O) groups is 2. The molecule has 1 heterocycles. The van der Waals surface area contributed by atoms with Crippen molar-refractivity contribution < 1.29 is 18.5 Å². The maximum Gasteiger partial charge on any atom is 0.355 e. The number of pyridine rings is 1. The minimum absolute atomic E-state index is 0.00417. The molecule has 0 aliphatic carbocycles. The summed E-state index contributed by atoms with van der Waals surface area (Å²) in [6.07, 6.45) is 1.55. The molecule has 9 heteroatoms. The molecule has 1 aromatic heterocycles. The Balaban J connectivity index is 1.85. The molecule has 4 aromatic rings. The Morgan fingerprint density at radius 2 is 1.71 bits per heavy atom. The molecule has 0 spiro atoms. The zero-order chi connectivity index (χ0) is 25.1. The third-order valence-corrected chi connectivity index (χ3v) is 6.67. The number of methoxy groups -OCH3 is 1. The predicted molar refractivity (Wildman–Crippen MR) is 136 cm³/mol. The lowest BCUT2D eigenvalue weighted by Gasteiger charge is -2.20. The second-order valence-electron chi connectivity index (χ2n) is 7.64. The number of amides is 1. The van der Waals surface area contributed by atoms with E-state index < -0.39 is 28.1 Å². The lowest BCUT2D eigenvalue weighted by atomic mass is 10.1. The lowest BCUT2D eigenvalue weighted by Crippen LogP contribution is -2.31. The second-order valence-corrected chi connectivity index (χ2v) is 9.46. The molecule has 1 N–H and O–H groups in total. The third-order valence-electron chi connectivity index (χ3n) is 5.50. The van der Waals surface area contributed by atoms with Gasteiger partial charge in [0.05, 0.1) is 18.2 Å². The molecular formula is C26H21ClN2O5S. The molecule has 0 bridgehead atoms. The molecule has 0 fully saturated rings. The number of fused-ring (bicyclic) bond motifs is 1. The molecule has 35 heavy (non-hydrogen) atoms. The van der Waals surface area contributed by atoms with Crippen LogP contribution in [0.5, 0.6) is 0 Å². The lowest BCUT2D eigenvalue weighted by molar-refractivity contribution is 0.0589. The molecular weight excluding hydrogens is 488 g/mol. The van der Waals surface area contributed by atoms with Gasteiger partial charge in [-0.15, -0.1) is 0 Å². The topological polar surface area (TPSA) is 94.5 Å². The number of para-hydroxylation sites is 1. The van der Waals surface area contributed by atoms with Crippen LogP contribution in [0.25, 0.3) is 16.6 Å². The van der Waals surface area contributed by atoms with E-state index in [0.29, 0.717) is 32.1 Å². The maximum atomic E-state index is 13.5. The summed E-state index contributed by atoms with van der Waals surface area (Å²) in [5.41, 5.74) is 1.05. The van der Waals surface area contributed by atoms with Crippen molar-refractivity contribution in [1.29, 1.82) is 0 Å². The van der Waals surface area contributed by atoms with Gasteiger partial charge in [0, 0.05) is 50.2 Å². The number of nitrogens with one attached hydrogen (secondary N) is 1. The number of nitrogens with zero attached hydrogens (tertiary/aromatic N) is 1. The number of rotatable bonds is 6. The van der Waals surface area contributed by atoms with Crippen molar-refractivity contribution in [3.8, 4) is 5.69 Å². The van der Waals surface area contributed by atoms with Gasteiger partial charge in [0.1, 0.15) is 5.69 Å². The smallest absolute Gasteiger partial charge is 0.355 e. The first-order valence-electron chi connectivity index (χ1n) is 10.5. The number of aromatic nitrogens is 1. The van der Waals surface area contributed by atoms with Gasteiger partial charge in [-0.05, 0) is 54.6 Å². The minimum atomic E-state index is -1.17. The van der Waals surface area contributed by atoms with Gasteiger partial charge in [-0.25, -0.2) is 4.79 Å². The monoisotopic (exact) mass is 508 g/mol. The van der Waals surface area contributed by atoms with Crippen LogP contribution in [-0.4, -0.2) is 34.0 Å². The minimum Gasteiger partial charge on any atom is -0.464 e. The predicted octanol–water partition coefficient (Wildman–Crippen LogP) is 4.10. The molecule has 1 amide bonds. The molecule has 0 saturated carbocycles. The summed E-state index contributed by atoms with van der Waals surface area (Å²) in [7, 11) is 0.0589. The highest BCUT2D eigenvalue weighted by Crippen LogP contribution is 2.25. The molecule has 3 aromatic carbocycles. The molecule has 0 aliphatic rings. The number of halogens is 1. The van der Waals surface area contributed by atoms with Crippen LogP contribution < -0.4 is 10.7 Å². The van der Waals surface area contributed by atoms with E-state index >= 15 is 0 Å². The molecule has 0 aliphatic heterocycles. The van der Waals surface area contributed by atoms with Gasteiger partial charge in [-0.3, -0.25) is 13.8 Å². The molecule has 1 unspecified atom stereocenters. The summed E-state index contributed by atoms with van der Waals surface area (Å²) in [6.45, 7) is -0.213. The standard InChI is InChI=1S/C26H21ClN2O5S/c1-34-26(32)23-21(15-28-25(31)16-8-11-19(12-9-16)35(2)33)24(30)20-13-10-17(27)14-22(20)29(23)18-6-4-3-5-7-18/h3-14H,15H2,1-2H3,(H,28,31). The van der Waals surface area contributed by atoms with Crippen molar-refractivity contribution in [2.24, 2.45) is 0 Å². The van der Waals surface area contributed by atoms with Gasteiger partial charge in [-0.2, -0.15) is 0 Å². The number of carbonyl (C=O) groups excluding carboxylic acids is 2. The van der Waals surface area contributed by atoms with E-state index in [9.17, 15) is 18.6 Å². The summed E-state index contributed by atoms with van der Waals surface area (Å²) in [6, 6.07) is 20.1. The fourth-order valence-electron chi connectivity index (χ4n) is 3.80. The number of benzene rings is 3. The van der Waals surface area contributed by atoms with E-state index in [2.05, 4.69) is 5.32 Å². The van der Waals surface area contributed by atoms with Crippen LogP contribution in [0.3, 0.4) is 0 Å². The van der Waals surface area contributed by atoms with Gasteiger partial charge in [0.25, 0.3) is 5.91 Å². The van der Waals surface area contributed by atoms with Crippen LogP contribution in [0.1, 0.15) is 26.4 Å². The van der Waals surface area contributed by atoms with Crippen molar-refractivity contribution in [1.82, 2.24) is 9.88 Å². The zero-order valence-electron chi connectivity index (χ0n) is 18.9. The first-order chi connectivity index (χ1) is 16.8. The molecule has 1 atom stereocenters. The van der Waals surface area contributed by atoms with Crippen LogP contribution in [0, 0.1) is 0 Å². The normalized spacial score (nSPS) is 11.7. The van der Waals surface area contributed by atoms with Crippen LogP contribution in [0.4, 0.5) is 0 Å². The van der Waals surface area contributed by atoms with E-state index in [-0.39, 0.29) is 17.8 Å². The Morgan fingerprint density at radius 3 is 2.34 bits per heavy atom. The number of hydrogen-bond acceptors (Lipinski definition) is 5. The third kappa shape index (κ3) is 4.89. The fraction of sp³-hybridized carbons (Fsp3) is 0.115. The van der Waals surface area contributed by atoms with E-state index in [0.717, 1.165) is 0 Å². The van der Waals surface area contributed by atoms with Crippen LogP contribution >= 0.6 is 11.6 Å². The van der Waals surface area contributed by atoms with E-state index in [1.807, 2.05) is 6.07 Å². The second kappa shape index (κ2) is 10.2. The number of esters is 1. The molecule has 7 nitrogen and oxygen atoms in total. The summed E-state index contributed by atoms with van der Waals surface area (Å²) >= 11 is 6.23. The number of hydrogen-bond donors (Lipinski definition) is 1. The molecule has 0 radical (unpaired) electrons. The summed E-state index contributed by atoms with van der Waals surface area (Å²) in [4.78, 5) is 39.8. The number of ether oxygens (including phenoxy) is 1. The fourth-order valence-corrected chi connectivity index (χ4v) is 4.48. The van der Waals surface area contributed by atoms with Crippen molar-refractivity contribution in [2.75, 3.05) is 13.4 Å². The van der Waals surface area contributed by atoms with E-state index in [1.165, 1.54) is 7.11 Å². The first kappa shape index (κ1) is 24.4. The average Bonchev–Trinajstić information content (AvgIpc) is 2.87. The Morgan fingerprint density at radius 1 is 1.03 bits per heavy atom. The van der Waals surface area contributed by atoms with Gasteiger partial charge in [-0.1, -0.05) is 29.8 Å². The molecule has 0 saturated heterocycles. The van der Waals surface area contributed by atoms with Crippen LogP contribution in [0.15, 0.2) is 82.5 Å². The Labute approximate surface area is 208 Å². The van der Waals surface area contributed by atoms with Crippen molar-refractivity contribution in [2.45, 2.75) is 11.4 Å². The van der Waals surface area contributed by atoms with Gasteiger partial charge in [0.2, 0.25) is 0 Å². The SMILES string of the molecule is COC(=O)c1c(CNC(=O)c2ccc(S(C)=O)cc2)c(=O)c2ccc(Cl)cc2n1-c1ccccc1. The van der Waals surface area contributed by atoms with Crippen molar-refractivity contribution in [3.05, 3.63) is 105 Å². The van der Waals surface area contributed by atoms with Gasteiger partial charge in [0.15, 0.2) is 5.43 Å². The van der Waals surface area contributed by atoms with Crippen LogP contribution in [-0.2, 0) is 22.1 Å². The van der Waals surface area contributed by atoms with E-state index in [4.69, 9.17) is 16.3 Å². The van der Waals surface area contributed by atoms with Gasteiger partial charge < -0.3 is 14.6 Å². The molecule has 4 rings (SSSR count). The largest absolute Gasteiger partial charge is 0.464 e.